The molecule has 2 aliphatic heterocycles. The van der Waals surface area contributed by atoms with Gasteiger partial charge in [0.05, 0.1) is 19.8 Å². The van der Waals surface area contributed by atoms with Crippen LogP contribution >= 0.6 is 0 Å². The van der Waals surface area contributed by atoms with Crippen molar-refractivity contribution in [1.82, 2.24) is 24.8 Å². The number of likely N-dealkylation sites (tertiary alicyclic amines) is 1. The van der Waals surface area contributed by atoms with Crippen LogP contribution in [0.4, 0.5) is 0 Å². The highest BCUT2D eigenvalue weighted by Gasteiger charge is 2.30. The summed E-state index contributed by atoms with van der Waals surface area (Å²) in [6, 6.07) is 3.66. The summed E-state index contributed by atoms with van der Waals surface area (Å²) in [5.74, 6) is 0.846. The lowest BCUT2D eigenvalue weighted by atomic mass is 10.2. The van der Waals surface area contributed by atoms with Crippen molar-refractivity contribution in [3.8, 4) is 0 Å². The SMILES string of the molecule is CCNC(=NCCNS(=O)(=O)c1cccnc1)N1CCC(N2CCOCC2)C1. The Kier molecular flexibility index (Phi) is 7.60. The lowest BCUT2D eigenvalue weighted by Crippen LogP contribution is -2.46. The fourth-order valence-electron chi connectivity index (χ4n) is 3.53. The van der Waals surface area contributed by atoms with Crippen LogP contribution in [0, 0.1) is 0 Å². The first-order chi connectivity index (χ1) is 13.6. The van der Waals surface area contributed by atoms with Gasteiger partial charge in [-0.2, -0.15) is 0 Å². The molecule has 0 amide bonds. The minimum atomic E-state index is -3.55. The molecular formula is C18H30N6O3S. The third-order valence-electron chi connectivity index (χ3n) is 4.97. The molecule has 10 heteroatoms. The van der Waals surface area contributed by atoms with Gasteiger partial charge in [0, 0.05) is 57.7 Å². The Balaban J connectivity index is 1.51. The lowest BCUT2D eigenvalue weighted by molar-refractivity contribution is 0.0195. The molecule has 2 fully saturated rings. The van der Waals surface area contributed by atoms with E-state index in [0.29, 0.717) is 12.6 Å². The third kappa shape index (κ3) is 5.63. The molecule has 2 N–H and O–H groups in total. The van der Waals surface area contributed by atoms with Gasteiger partial charge in [-0.15, -0.1) is 0 Å². The van der Waals surface area contributed by atoms with E-state index in [1.54, 1.807) is 12.3 Å². The Morgan fingerprint density at radius 3 is 2.89 bits per heavy atom. The van der Waals surface area contributed by atoms with E-state index in [2.05, 4.69) is 29.8 Å². The number of hydrogen-bond donors (Lipinski definition) is 2. The number of aliphatic imine (C=N–C) groups is 1. The van der Waals surface area contributed by atoms with Crippen LogP contribution in [-0.2, 0) is 14.8 Å². The quantitative estimate of drug-likeness (QED) is 0.363. The van der Waals surface area contributed by atoms with Crippen molar-refractivity contribution in [2.75, 3.05) is 59.0 Å². The maximum absolute atomic E-state index is 12.2. The summed E-state index contributed by atoms with van der Waals surface area (Å²) in [6.07, 6.45) is 4.00. The van der Waals surface area contributed by atoms with Gasteiger partial charge in [-0.1, -0.05) is 0 Å². The first-order valence-electron chi connectivity index (χ1n) is 9.85. The highest BCUT2D eigenvalue weighted by molar-refractivity contribution is 7.89. The molecule has 156 valence electrons. The van der Waals surface area contributed by atoms with E-state index in [1.807, 2.05) is 6.92 Å². The highest BCUT2D eigenvalue weighted by Crippen LogP contribution is 2.17. The van der Waals surface area contributed by atoms with Gasteiger partial charge in [-0.3, -0.25) is 14.9 Å². The number of morpholine rings is 1. The van der Waals surface area contributed by atoms with Crippen LogP contribution in [0.25, 0.3) is 0 Å². The minimum Gasteiger partial charge on any atom is -0.379 e. The molecule has 2 saturated heterocycles. The fraction of sp³-hybridized carbons (Fsp3) is 0.667. The van der Waals surface area contributed by atoms with Gasteiger partial charge in [0.1, 0.15) is 4.90 Å². The maximum Gasteiger partial charge on any atom is 0.242 e. The Bertz CT molecular complexity index is 737. The lowest BCUT2D eigenvalue weighted by Gasteiger charge is -2.32. The Hall–Kier alpha value is -1.75. The van der Waals surface area contributed by atoms with Crippen molar-refractivity contribution in [3.05, 3.63) is 24.5 Å². The van der Waals surface area contributed by atoms with E-state index < -0.39 is 10.0 Å². The van der Waals surface area contributed by atoms with Crippen LogP contribution in [0.1, 0.15) is 13.3 Å². The molecule has 0 saturated carbocycles. The zero-order valence-electron chi connectivity index (χ0n) is 16.4. The Morgan fingerprint density at radius 1 is 1.36 bits per heavy atom. The van der Waals surface area contributed by atoms with Gasteiger partial charge in [0.2, 0.25) is 10.0 Å². The molecule has 9 nitrogen and oxygen atoms in total. The van der Waals surface area contributed by atoms with Crippen LogP contribution in [0.2, 0.25) is 0 Å². The van der Waals surface area contributed by atoms with Crippen molar-refractivity contribution in [2.24, 2.45) is 4.99 Å². The first-order valence-corrected chi connectivity index (χ1v) is 11.3. The van der Waals surface area contributed by atoms with Gasteiger partial charge >= 0.3 is 0 Å². The number of rotatable bonds is 7. The number of sulfonamides is 1. The maximum atomic E-state index is 12.2. The minimum absolute atomic E-state index is 0.166. The van der Waals surface area contributed by atoms with Crippen LogP contribution in [-0.4, -0.2) is 94.2 Å². The summed E-state index contributed by atoms with van der Waals surface area (Å²) in [4.78, 5) is 13.4. The van der Waals surface area contributed by atoms with E-state index in [-0.39, 0.29) is 11.4 Å². The smallest absolute Gasteiger partial charge is 0.242 e. The zero-order chi connectivity index (χ0) is 19.8. The second kappa shape index (κ2) is 10.1. The van der Waals surface area contributed by atoms with Crippen LogP contribution in [0.15, 0.2) is 34.4 Å². The second-order valence-corrected chi connectivity index (χ2v) is 8.63. The van der Waals surface area contributed by atoms with E-state index in [4.69, 9.17) is 4.74 Å². The molecule has 0 spiro atoms. The van der Waals surface area contributed by atoms with Gasteiger partial charge in [0.25, 0.3) is 0 Å². The monoisotopic (exact) mass is 410 g/mol. The summed E-state index contributed by atoms with van der Waals surface area (Å²) in [5, 5.41) is 3.32. The summed E-state index contributed by atoms with van der Waals surface area (Å²) >= 11 is 0. The largest absolute Gasteiger partial charge is 0.379 e. The molecule has 0 aliphatic carbocycles. The molecule has 1 aromatic rings. The predicted octanol–water partition coefficient (Wildman–Crippen LogP) is -0.268. The molecule has 1 aromatic heterocycles. The number of guanidine groups is 1. The Labute approximate surface area is 167 Å². The molecule has 2 aliphatic rings. The second-order valence-electron chi connectivity index (χ2n) is 6.86. The van der Waals surface area contributed by atoms with E-state index in [0.717, 1.165) is 58.3 Å². The van der Waals surface area contributed by atoms with E-state index in [1.165, 1.54) is 12.3 Å². The number of aromatic nitrogens is 1. The average Bonchev–Trinajstić information content (AvgIpc) is 3.22. The predicted molar refractivity (Wildman–Crippen MR) is 108 cm³/mol. The molecule has 3 rings (SSSR count). The van der Waals surface area contributed by atoms with Crippen molar-refractivity contribution in [3.63, 3.8) is 0 Å². The summed E-state index contributed by atoms with van der Waals surface area (Å²) in [7, 11) is -3.55. The normalized spacial score (nSPS) is 21.8. The number of ether oxygens (including phenoxy) is 1. The van der Waals surface area contributed by atoms with Crippen molar-refractivity contribution < 1.29 is 13.2 Å². The van der Waals surface area contributed by atoms with Crippen LogP contribution in [0.5, 0.6) is 0 Å². The highest BCUT2D eigenvalue weighted by atomic mass is 32.2. The molecule has 3 heterocycles. The van der Waals surface area contributed by atoms with Gasteiger partial charge in [-0.25, -0.2) is 13.1 Å². The number of nitrogens with zero attached hydrogens (tertiary/aromatic N) is 4. The summed E-state index contributed by atoms with van der Waals surface area (Å²) < 4.78 is 32.5. The third-order valence-corrected chi connectivity index (χ3v) is 6.42. The number of pyridine rings is 1. The van der Waals surface area contributed by atoms with Crippen molar-refractivity contribution in [2.45, 2.75) is 24.3 Å². The molecule has 28 heavy (non-hydrogen) atoms. The van der Waals surface area contributed by atoms with Crippen LogP contribution < -0.4 is 10.0 Å². The van der Waals surface area contributed by atoms with Gasteiger partial charge in [-0.05, 0) is 25.5 Å². The topological polar surface area (TPSA) is 99.2 Å². The number of hydrogen-bond acceptors (Lipinski definition) is 6. The average molecular weight is 411 g/mol. The van der Waals surface area contributed by atoms with Gasteiger partial charge < -0.3 is 15.0 Å². The molecule has 0 radical (unpaired) electrons. The standard InChI is InChI=1S/C18H30N6O3S/c1-2-20-18(24-9-5-16(15-24)23-10-12-27-13-11-23)21-7-8-22-28(25,26)17-4-3-6-19-14-17/h3-4,6,14,16,22H,2,5,7-13,15H2,1H3,(H,20,21). The molecule has 0 bridgehead atoms. The molecule has 1 unspecified atom stereocenters. The first kappa shape index (κ1) is 21.0. The fourth-order valence-corrected chi connectivity index (χ4v) is 4.52. The molecule has 0 aromatic carbocycles. The van der Waals surface area contributed by atoms with Crippen molar-refractivity contribution >= 4 is 16.0 Å². The molecular weight excluding hydrogens is 380 g/mol. The van der Waals surface area contributed by atoms with E-state index in [9.17, 15) is 8.42 Å². The van der Waals surface area contributed by atoms with E-state index >= 15 is 0 Å². The zero-order valence-corrected chi connectivity index (χ0v) is 17.2. The molecule has 1 atom stereocenters. The van der Waals surface area contributed by atoms with Gasteiger partial charge in [0.15, 0.2) is 5.96 Å². The summed E-state index contributed by atoms with van der Waals surface area (Å²) in [6.45, 7) is 8.92. The van der Waals surface area contributed by atoms with Crippen molar-refractivity contribution in [1.29, 1.82) is 0 Å². The number of nitrogens with one attached hydrogen (secondary N) is 2. The van der Waals surface area contributed by atoms with Crippen LogP contribution in [0.3, 0.4) is 0 Å². The summed E-state index contributed by atoms with van der Waals surface area (Å²) in [5.41, 5.74) is 0. The Morgan fingerprint density at radius 2 is 2.18 bits per heavy atom.